The number of hydrogen-bond acceptors (Lipinski definition) is 3. The van der Waals surface area contributed by atoms with Crippen molar-refractivity contribution in [3.63, 3.8) is 0 Å². The van der Waals surface area contributed by atoms with Crippen LogP contribution in [0.3, 0.4) is 0 Å². The van der Waals surface area contributed by atoms with Gasteiger partial charge in [-0.25, -0.2) is 4.39 Å². The fourth-order valence-corrected chi connectivity index (χ4v) is 2.14. The highest BCUT2D eigenvalue weighted by molar-refractivity contribution is 5.63. The van der Waals surface area contributed by atoms with Crippen molar-refractivity contribution in [1.29, 1.82) is 0 Å². The fourth-order valence-electron chi connectivity index (χ4n) is 2.14. The van der Waals surface area contributed by atoms with Gasteiger partial charge in [-0.3, -0.25) is 0 Å². The van der Waals surface area contributed by atoms with Crippen LogP contribution in [0.25, 0.3) is 0 Å². The molecule has 0 aliphatic rings. The number of hydrogen-bond donors (Lipinski definition) is 2. The molecule has 4 heteroatoms. The first-order valence-corrected chi connectivity index (χ1v) is 6.43. The molecule has 0 aliphatic carbocycles. The summed E-state index contributed by atoms with van der Waals surface area (Å²) in [5, 5.41) is 3.30. The Morgan fingerprint density at radius 3 is 2.22 bits per heavy atom. The zero-order valence-electron chi connectivity index (χ0n) is 11.6. The lowest BCUT2D eigenvalue weighted by Gasteiger charge is -2.33. The van der Waals surface area contributed by atoms with Gasteiger partial charge in [0.1, 0.15) is 11.6 Å². The van der Waals surface area contributed by atoms with E-state index in [0.717, 1.165) is 19.3 Å². The lowest BCUT2D eigenvalue weighted by atomic mass is 9.89. The summed E-state index contributed by atoms with van der Waals surface area (Å²) in [6, 6.07) is 2.92. The van der Waals surface area contributed by atoms with E-state index in [4.69, 9.17) is 10.5 Å². The van der Waals surface area contributed by atoms with Gasteiger partial charge in [0.05, 0.1) is 18.5 Å². The van der Waals surface area contributed by atoms with Crippen LogP contribution in [-0.4, -0.2) is 12.6 Å². The molecule has 18 heavy (non-hydrogen) atoms. The number of anilines is 2. The second-order valence-corrected chi connectivity index (χ2v) is 4.54. The lowest BCUT2D eigenvalue weighted by Crippen LogP contribution is -2.36. The van der Waals surface area contributed by atoms with Gasteiger partial charge in [0.15, 0.2) is 0 Å². The Hall–Kier alpha value is -1.45. The highest BCUT2D eigenvalue weighted by atomic mass is 19.1. The SMILES string of the molecule is CCC(CC)(CC)Nc1cc(OC)c(N)cc1F. The molecule has 3 N–H and O–H groups in total. The normalized spacial score (nSPS) is 11.4. The Bertz CT molecular complexity index is 395. The summed E-state index contributed by atoms with van der Waals surface area (Å²) in [6.45, 7) is 6.31. The number of halogens is 1. The van der Waals surface area contributed by atoms with Crippen LogP contribution < -0.4 is 15.8 Å². The minimum atomic E-state index is -0.340. The third-order valence-corrected chi connectivity index (χ3v) is 3.75. The molecule has 0 amide bonds. The van der Waals surface area contributed by atoms with Crippen LogP contribution >= 0.6 is 0 Å². The van der Waals surface area contributed by atoms with E-state index >= 15 is 0 Å². The molecule has 1 aromatic carbocycles. The molecule has 1 aromatic rings. The van der Waals surface area contributed by atoms with Crippen LogP contribution in [0.5, 0.6) is 5.75 Å². The molecular formula is C14H23FN2O. The van der Waals surface area contributed by atoms with Crippen LogP contribution in [0.4, 0.5) is 15.8 Å². The molecule has 0 aromatic heterocycles. The third-order valence-electron chi connectivity index (χ3n) is 3.75. The molecule has 0 fully saturated rings. The van der Waals surface area contributed by atoms with Crippen molar-refractivity contribution >= 4 is 11.4 Å². The number of nitrogen functional groups attached to an aromatic ring is 1. The summed E-state index contributed by atoms with van der Waals surface area (Å²) >= 11 is 0. The van der Waals surface area contributed by atoms with Crippen LogP contribution in [0.1, 0.15) is 40.0 Å². The summed E-state index contributed by atoms with van der Waals surface area (Å²) in [5.74, 6) is 0.157. The highest BCUT2D eigenvalue weighted by Crippen LogP contribution is 2.32. The standard InChI is InChI=1S/C14H23FN2O/c1-5-14(6-2,7-3)17-12-9-13(18-4)11(16)8-10(12)15/h8-9,17H,5-7,16H2,1-4H3. The molecule has 0 saturated heterocycles. The molecular weight excluding hydrogens is 231 g/mol. The molecule has 102 valence electrons. The second kappa shape index (κ2) is 5.94. The summed E-state index contributed by atoms with van der Waals surface area (Å²) < 4.78 is 19.0. The highest BCUT2D eigenvalue weighted by Gasteiger charge is 2.25. The van der Waals surface area contributed by atoms with Gasteiger partial charge in [-0.05, 0) is 19.3 Å². The molecule has 0 radical (unpaired) electrons. The molecule has 0 unspecified atom stereocenters. The molecule has 0 saturated carbocycles. The number of benzene rings is 1. The summed E-state index contributed by atoms with van der Waals surface area (Å²) in [4.78, 5) is 0. The van der Waals surface area contributed by atoms with E-state index in [1.54, 1.807) is 6.07 Å². The number of nitrogens with one attached hydrogen (secondary N) is 1. The zero-order chi connectivity index (χ0) is 13.8. The predicted octanol–water partition coefficient (Wildman–Crippen LogP) is 3.80. The maximum atomic E-state index is 13.9. The van der Waals surface area contributed by atoms with Crippen molar-refractivity contribution in [2.75, 3.05) is 18.2 Å². The lowest BCUT2D eigenvalue weighted by molar-refractivity contribution is 0.409. The first kappa shape index (κ1) is 14.6. The third kappa shape index (κ3) is 2.86. The van der Waals surface area contributed by atoms with E-state index in [2.05, 4.69) is 26.1 Å². The number of rotatable bonds is 6. The van der Waals surface area contributed by atoms with E-state index in [-0.39, 0.29) is 11.4 Å². The quantitative estimate of drug-likeness (QED) is 0.759. The topological polar surface area (TPSA) is 47.3 Å². The van der Waals surface area contributed by atoms with Crippen LogP contribution in [0.15, 0.2) is 12.1 Å². The number of ether oxygens (including phenoxy) is 1. The minimum Gasteiger partial charge on any atom is -0.495 e. The Kier molecular flexibility index (Phi) is 4.82. The van der Waals surface area contributed by atoms with Crippen LogP contribution in [-0.2, 0) is 0 Å². The van der Waals surface area contributed by atoms with Gasteiger partial charge in [-0.15, -0.1) is 0 Å². The van der Waals surface area contributed by atoms with Crippen molar-refractivity contribution in [3.8, 4) is 5.75 Å². The van der Waals surface area contributed by atoms with Gasteiger partial charge in [0.25, 0.3) is 0 Å². The van der Waals surface area contributed by atoms with Crippen LogP contribution in [0.2, 0.25) is 0 Å². The number of nitrogens with two attached hydrogens (primary N) is 1. The van der Waals surface area contributed by atoms with Crippen molar-refractivity contribution < 1.29 is 9.13 Å². The van der Waals surface area contributed by atoms with Gasteiger partial charge in [0, 0.05) is 17.7 Å². The predicted molar refractivity (Wildman–Crippen MR) is 74.6 cm³/mol. The largest absolute Gasteiger partial charge is 0.495 e. The maximum absolute atomic E-state index is 13.9. The van der Waals surface area contributed by atoms with Gasteiger partial charge < -0.3 is 15.8 Å². The van der Waals surface area contributed by atoms with Crippen molar-refractivity contribution in [1.82, 2.24) is 0 Å². The fraction of sp³-hybridized carbons (Fsp3) is 0.571. The van der Waals surface area contributed by atoms with Crippen molar-refractivity contribution in [2.24, 2.45) is 0 Å². The number of methoxy groups -OCH3 is 1. The molecule has 3 nitrogen and oxygen atoms in total. The van der Waals surface area contributed by atoms with Gasteiger partial charge in [-0.2, -0.15) is 0 Å². The first-order valence-electron chi connectivity index (χ1n) is 6.43. The molecule has 0 heterocycles. The Morgan fingerprint density at radius 1 is 1.22 bits per heavy atom. The molecule has 0 atom stereocenters. The van der Waals surface area contributed by atoms with Crippen molar-refractivity contribution in [2.45, 2.75) is 45.6 Å². The average molecular weight is 254 g/mol. The minimum absolute atomic E-state index is 0.0814. The first-order chi connectivity index (χ1) is 8.51. The van der Waals surface area contributed by atoms with E-state index in [0.29, 0.717) is 17.1 Å². The molecule has 1 rings (SSSR count). The average Bonchev–Trinajstić information content (AvgIpc) is 2.38. The molecule has 0 spiro atoms. The van der Waals surface area contributed by atoms with E-state index in [1.807, 2.05) is 0 Å². The molecule has 0 aliphatic heterocycles. The second-order valence-electron chi connectivity index (χ2n) is 4.54. The van der Waals surface area contributed by atoms with Gasteiger partial charge in [-0.1, -0.05) is 20.8 Å². The summed E-state index contributed by atoms with van der Waals surface area (Å²) in [7, 11) is 1.53. The summed E-state index contributed by atoms with van der Waals surface area (Å²) in [6.07, 6.45) is 2.81. The van der Waals surface area contributed by atoms with Crippen molar-refractivity contribution in [3.05, 3.63) is 17.9 Å². The monoisotopic (exact) mass is 254 g/mol. The van der Waals surface area contributed by atoms with E-state index in [9.17, 15) is 4.39 Å². The Morgan fingerprint density at radius 2 is 1.78 bits per heavy atom. The summed E-state index contributed by atoms with van der Waals surface area (Å²) in [5.41, 5.74) is 6.35. The smallest absolute Gasteiger partial charge is 0.148 e. The molecule has 0 bridgehead atoms. The Balaban J connectivity index is 3.10. The van der Waals surface area contributed by atoms with E-state index in [1.165, 1.54) is 13.2 Å². The zero-order valence-corrected chi connectivity index (χ0v) is 11.6. The van der Waals surface area contributed by atoms with Gasteiger partial charge in [0.2, 0.25) is 0 Å². The van der Waals surface area contributed by atoms with Crippen LogP contribution in [0, 0.1) is 5.82 Å². The van der Waals surface area contributed by atoms with Gasteiger partial charge >= 0.3 is 0 Å². The van der Waals surface area contributed by atoms with E-state index < -0.39 is 0 Å². The maximum Gasteiger partial charge on any atom is 0.148 e. The Labute approximate surface area is 109 Å².